The maximum Gasteiger partial charge on any atom is 0.329 e. The Bertz CT molecular complexity index is 559. The van der Waals surface area contributed by atoms with E-state index in [2.05, 4.69) is 13.8 Å². The average Bonchev–Trinajstić information content (AvgIpc) is 2.95. The first-order valence-corrected chi connectivity index (χ1v) is 9.61. The topological polar surface area (TPSA) is 46.6 Å². The van der Waals surface area contributed by atoms with Crippen LogP contribution in [0.1, 0.15) is 44.5 Å². The second-order valence-electron chi connectivity index (χ2n) is 7.04. The van der Waals surface area contributed by atoms with Crippen molar-refractivity contribution in [3.63, 3.8) is 0 Å². The molecule has 0 spiro atoms. The van der Waals surface area contributed by atoms with E-state index in [1.54, 1.807) is 28.8 Å². The third-order valence-electron chi connectivity index (χ3n) is 3.85. The Morgan fingerprint density at radius 1 is 1.17 bits per heavy atom. The lowest BCUT2D eigenvalue weighted by molar-refractivity contribution is -0.149. The van der Waals surface area contributed by atoms with Gasteiger partial charge in [-0.05, 0) is 30.4 Å². The van der Waals surface area contributed by atoms with Crippen LogP contribution in [0.15, 0.2) is 30.3 Å². The molecule has 5 heteroatoms. The highest BCUT2D eigenvalue weighted by atomic mass is 32.2. The molecule has 1 saturated heterocycles. The van der Waals surface area contributed by atoms with Gasteiger partial charge in [-0.1, -0.05) is 45.9 Å². The van der Waals surface area contributed by atoms with E-state index in [1.165, 1.54) is 0 Å². The van der Waals surface area contributed by atoms with Crippen molar-refractivity contribution in [1.29, 1.82) is 0 Å². The number of ether oxygens (including phenoxy) is 1. The summed E-state index contributed by atoms with van der Waals surface area (Å²) in [5, 5.41) is 0.0225. The van der Waals surface area contributed by atoms with E-state index in [-0.39, 0.29) is 23.2 Å². The van der Waals surface area contributed by atoms with Crippen LogP contribution in [0.25, 0.3) is 0 Å². The number of hydrogen-bond donors (Lipinski definition) is 0. The molecule has 4 nitrogen and oxygen atoms in total. The number of carbonyl (C=O) groups is 2. The molecule has 0 aliphatic carbocycles. The highest BCUT2D eigenvalue weighted by molar-refractivity contribution is 8.00. The van der Waals surface area contributed by atoms with E-state index in [0.717, 1.165) is 6.42 Å². The van der Waals surface area contributed by atoms with Gasteiger partial charge in [0.15, 0.2) is 0 Å². The molecule has 1 fully saturated rings. The summed E-state index contributed by atoms with van der Waals surface area (Å²) in [5.41, 5.74) is 0.621. The standard InChI is InChI=1S/C19H27NO3S/c1-13(2)10-17-20(18(21)15-8-6-5-7-9-15)16(12-24-17)19(22)23-11-14(3)4/h5-9,13-14,16-17H,10-12H2,1-4H3/t16-,17-/m0/s1. The van der Waals surface area contributed by atoms with Gasteiger partial charge in [-0.15, -0.1) is 11.8 Å². The third kappa shape index (κ3) is 4.76. The van der Waals surface area contributed by atoms with Crippen molar-refractivity contribution in [3.05, 3.63) is 35.9 Å². The number of hydrogen-bond acceptors (Lipinski definition) is 4. The van der Waals surface area contributed by atoms with Crippen LogP contribution in [0, 0.1) is 11.8 Å². The minimum absolute atomic E-state index is 0.0225. The maximum absolute atomic E-state index is 13.0. The summed E-state index contributed by atoms with van der Waals surface area (Å²) >= 11 is 1.68. The van der Waals surface area contributed by atoms with Gasteiger partial charge >= 0.3 is 5.97 Å². The molecule has 2 rings (SSSR count). The Hall–Kier alpha value is -1.49. The lowest BCUT2D eigenvalue weighted by Gasteiger charge is -2.29. The first kappa shape index (κ1) is 18.8. The molecular weight excluding hydrogens is 322 g/mol. The number of nitrogens with zero attached hydrogens (tertiary/aromatic N) is 1. The fourth-order valence-corrected chi connectivity index (χ4v) is 4.30. The van der Waals surface area contributed by atoms with E-state index in [0.29, 0.717) is 23.8 Å². The fraction of sp³-hybridized carbons (Fsp3) is 0.579. The van der Waals surface area contributed by atoms with Crippen LogP contribution in [0.4, 0.5) is 0 Å². The molecule has 1 aliphatic heterocycles. The molecular formula is C19H27NO3S. The molecule has 0 N–H and O–H groups in total. The van der Waals surface area contributed by atoms with Gasteiger partial charge in [-0.25, -0.2) is 4.79 Å². The Labute approximate surface area is 148 Å². The minimum Gasteiger partial charge on any atom is -0.464 e. The molecule has 24 heavy (non-hydrogen) atoms. The van der Waals surface area contributed by atoms with Crippen LogP contribution in [-0.4, -0.2) is 40.6 Å². The fourth-order valence-electron chi connectivity index (χ4n) is 2.68. The molecule has 1 amide bonds. The monoisotopic (exact) mass is 349 g/mol. The normalized spacial score (nSPS) is 20.7. The summed E-state index contributed by atoms with van der Waals surface area (Å²) < 4.78 is 5.41. The first-order valence-electron chi connectivity index (χ1n) is 8.56. The first-order chi connectivity index (χ1) is 11.4. The van der Waals surface area contributed by atoms with Crippen LogP contribution in [0.3, 0.4) is 0 Å². The zero-order valence-electron chi connectivity index (χ0n) is 14.9. The molecule has 1 aromatic rings. The van der Waals surface area contributed by atoms with Gasteiger partial charge in [0.2, 0.25) is 0 Å². The largest absolute Gasteiger partial charge is 0.464 e. The zero-order chi connectivity index (χ0) is 17.7. The van der Waals surface area contributed by atoms with Crippen LogP contribution >= 0.6 is 11.8 Å². The van der Waals surface area contributed by atoms with Crippen molar-refractivity contribution in [1.82, 2.24) is 4.90 Å². The summed E-state index contributed by atoms with van der Waals surface area (Å²) in [6.07, 6.45) is 0.872. The van der Waals surface area contributed by atoms with E-state index >= 15 is 0 Å². The SMILES string of the molecule is CC(C)COC(=O)[C@@H]1CS[C@@H](CC(C)C)N1C(=O)c1ccccc1. The van der Waals surface area contributed by atoms with Gasteiger partial charge < -0.3 is 9.64 Å². The quantitative estimate of drug-likeness (QED) is 0.733. The zero-order valence-corrected chi connectivity index (χ0v) is 15.7. The highest BCUT2D eigenvalue weighted by Crippen LogP contribution is 2.35. The van der Waals surface area contributed by atoms with Gasteiger partial charge in [-0.2, -0.15) is 0 Å². The number of rotatable bonds is 6. The van der Waals surface area contributed by atoms with Crippen LogP contribution < -0.4 is 0 Å². The number of thioether (sulfide) groups is 1. The Kier molecular flexibility index (Phi) is 6.72. The van der Waals surface area contributed by atoms with E-state index < -0.39 is 6.04 Å². The van der Waals surface area contributed by atoms with Gasteiger partial charge in [-0.3, -0.25) is 4.79 Å². The van der Waals surface area contributed by atoms with Crippen LogP contribution in [-0.2, 0) is 9.53 Å². The Morgan fingerprint density at radius 3 is 2.42 bits per heavy atom. The minimum atomic E-state index is -0.495. The summed E-state index contributed by atoms with van der Waals surface area (Å²) in [6, 6.07) is 8.68. The second-order valence-corrected chi connectivity index (χ2v) is 8.25. The van der Waals surface area contributed by atoms with Crippen molar-refractivity contribution >= 4 is 23.6 Å². The molecule has 2 atom stereocenters. The van der Waals surface area contributed by atoms with Crippen molar-refractivity contribution in [3.8, 4) is 0 Å². The average molecular weight is 349 g/mol. The smallest absolute Gasteiger partial charge is 0.329 e. The van der Waals surface area contributed by atoms with Gasteiger partial charge in [0.05, 0.1) is 12.0 Å². The van der Waals surface area contributed by atoms with Crippen LogP contribution in [0.5, 0.6) is 0 Å². The Morgan fingerprint density at radius 2 is 1.83 bits per heavy atom. The molecule has 0 aromatic heterocycles. The van der Waals surface area contributed by atoms with Crippen molar-refractivity contribution in [2.75, 3.05) is 12.4 Å². The van der Waals surface area contributed by atoms with E-state index in [4.69, 9.17) is 4.74 Å². The molecule has 1 aromatic carbocycles. The molecule has 0 bridgehead atoms. The second kappa shape index (κ2) is 8.56. The lowest BCUT2D eigenvalue weighted by atomic mass is 10.1. The summed E-state index contributed by atoms with van der Waals surface area (Å²) in [7, 11) is 0. The molecule has 0 radical (unpaired) electrons. The third-order valence-corrected chi connectivity index (χ3v) is 5.16. The van der Waals surface area contributed by atoms with Gasteiger partial charge in [0.1, 0.15) is 6.04 Å². The predicted octanol–water partition coefficient (Wildman–Crippen LogP) is 3.82. The molecule has 132 valence electrons. The van der Waals surface area contributed by atoms with Gasteiger partial charge in [0, 0.05) is 11.3 Å². The maximum atomic E-state index is 13.0. The highest BCUT2D eigenvalue weighted by Gasteiger charge is 2.42. The molecule has 0 unspecified atom stereocenters. The van der Waals surface area contributed by atoms with E-state index in [1.807, 2.05) is 32.0 Å². The predicted molar refractivity (Wildman–Crippen MR) is 97.9 cm³/mol. The summed E-state index contributed by atoms with van der Waals surface area (Å²) in [4.78, 5) is 27.2. The number of amides is 1. The van der Waals surface area contributed by atoms with Gasteiger partial charge in [0.25, 0.3) is 5.91 Å². The number of esters is 1. The summed E-state index contributed by atoms with van der Waals surface area (Å²) in [6.45, 7) is 8.67. The molecule has 1 aliphatic rings. The molecule has 0 saturated carbocycles. The Balaban J connectivity index is 2.20. The van der Waals surface area contributed by atoms with E-state index in [9.17, 15) is 9.59 Å². The number of benzene rings is 1. The van der Waals surface area contributed by atoms with Crippen molar-refractivity contribution in [2.24, 2.45) is 11.8 Å². The summed E-state index contributed by atoms with van der Waals surface area (Å²) in [5.74, 6) is 0.976. The van der Waals surface area contributed by atoms with Crippen molar-refractivity contribution < 1.29 is 14.3 Å². The number of carbonyl (C=O) groups excluding carboxylic acids is 2. The lowest BCUT2D eigenvalue weighted by Crippen LogP contribution is -2.46. The van der Waals surface area contributed by atoms with Crippen LogP contribution in [0.2, 0.25) is 0 Å². The molecule has 1 heterocycles. The van der Waals surface area contributed by atoms with Crippen molar-refractivity contribution in [2.45, 2.75) is 45.5 Å².